The fraction of sp³-hybridized carbons (Fsp3) is 0.524. The number of carbonyl (C=O) groups excluding carboxylic acids is 2. The molecule has 3 heterocycles. The van der Waals surface area contributed by atoms with Crippen molar-refractivity contribution in [2.24, 2.45) is 0 Å². The van der Waals surface area contributed by atoms with Crippen molar-refractivity contribution in [1.29, 1.82) is 0 Å². The number of likely N-dealkylation sites (N-methyl/N-ethyl adjacent to an activating group) is 1. The van der Waals surface area contributed by atoms with Gasteiger partial charge in [0.15, 0.2) is 0 Å². The molecule has 30 heavy (non-hydrogen) atoms. The van der Waals surface area contributed by atoms with Crippen LogP contribution >= 0.6 is 0 Å². The summed E-state index contributed by atoms with van der Waals surface area (Å²) in [6.45, 7) is 4.13. The number of nitrogens with zero attached hydrogens (tertiary/aromatic N) is 6. The molecule has 0 radical (unpaired) electrons. The Bertz CT molecular complexity index is 1160. The summed E-state index contributed by atoms with van der Waals surface area (Å²) in [5, 5.41) is 4.42. The third kappa shape index (κ3) is 3.28. The first-order chi connectivity index (χ1) is 14.3. The quantitative estimate of drug-likeness (QED) is 0.647. The van der Waals surface area contributed by atoms with E-state index < -0.39 is 0 Å². The van der Waals surface area contributed by atoms with Gasteiger partial charge in [-0.1, -0.05) is 12.1 Å². The summed E-state index contributed by atoms with van der Waals surface area (Å²) in [4.78, 5) is 41.7. The standard InChI is InChI=1S/C21H28N6O3/c1-14-8-7-9-15(2)26(14)19(29)12-24-16-10-5-6-11-17(16)27-20(24)22-25(21(27)30)13-18(28)23(3)4/h5-6,10-11,14-15H,7-9,12-13H2,1-4H3. The third-order valence-electron chi connectivity index (χ3n) is 6.04. The van der Waals surface area contributed by atoms with Gasteiger partial charge >= 0.3 is 5.69 Å². The average Bonchev–Trinajstić information content (AvgIpc) is 3.17. The van der Waals surface area contributed by atoms with Gasteiger partial charge in [-0.25, -0.2) is 13.9 Å². The fourth-order valence-corrected chi connectivity index (χ4v) is 4.43. The number of hydrogen-bond donors (Lipinski definition) is 0. The molecule has 2 unspecified atom stereocenters. The monoisotopic (exact) mass is 412 g/mol. The average molecular weight is 412 g/mol. The minimum Gasteiger partial charge on any atom is -0.347 e. The zero-order valence-electron chi connectivity index (χ0n) is 17.9. The molecule has 9 nitrogen and oxygen atoms in total. The zero-order chi connectivity index (χ0) is 21.6. The molecule has 0 N–H and O–H groups in total. The molecule has 0 spiro atoms. The van der Waals surface area contributed by atoms with Crippen molar-refractivity contribution in [3.8, 4) is 0 Å². The van der Waals surface area contributed by atoms with Gasteiger partial charge in [-0.2, -0.15) is 0 Å². The van der Waals surface area contributed by atoms with Crippen molar-refractivity contribution >= 4 is 28.6 Å². The van der Waals surface area contributed by atoms with E-state index in [0.29, 0.717) is 11.3 Å². The Morgan fingerprint density at radius 3 is 2.33 bits per heavy atom. The molecule has 1 saturated heterocycles. The Kier molecular flexibility index (Phi) is 5.13. The number of amides is 2. The molecule has 1 aromatic carbocycles. The van der Waals surface area contributed by atoms with E-state index in [1.54, 1.807) is 18.7 Å². The van der Waals surface area contributed by atoms with Crippen molar-refractivity contribution in [3.05, 3.63) is 34.7 Å². The summed E-state index contributed by atoms with van der Waals surface area (Å²) in [6.07, 6.45) is 3.12. The van der Waals surface area contributed by atoms with Gasteiger partial charge in [0, 0.05) is 26.2 Å². The number of imidazole rings is 1. The van der Waals surface area contributed by atoms with E-state index >= 15 is 0 Å². The number of para-hydroxylation sites is 2. The largest absolute Gasteiger partial charge is 0.352 e. The third-order valence-corrected chi connectivity index (χ3v) is 6.04. The van der Waals surface area contributed by atoms with Crippen LogP contribution in [0.15, 0.2) is 29.1 Å². The smallest absolute Gasteiger partial charge is 0.347 e. The highest BCUT2D eigenvalue weighted by Crippen LogP contribution is 2.24. The zero-order valence-corrected chi connectivity index (χ0v) is 17.9. The van der Waals surface area contributed by atoms with Crippen LogP contribution in [0, 0.1) is 0 Å². The van der Waals surface area contributed by atoms with Crippen LogP contribution in [0.2, 0.25) is 0 Å². The molecule has 2 aromatic heterocycles. The van der Waals surface area contributed by atoms with E-state index in [4.69, 9.17) is 0 Å². The molecule has 1 aliphatic rings. The molecule has 0 aliphatic carbocycles. The predicted molar refractivity (Wildman–Crippen MR) is 113 cm³/mol. The van der Waals surface area contributed by atoms with Crippen LogP contribution in [0.3, 0.4) is 0 Å². The number of benzene rings is 1. The van der Waals surface area contributed by atoms with Crippen LogP contribution in [0.4, 0.5) is 0 Å². The lowest BCUT2D eigenvalue weighted by molar-refractivity contribution is -0.137. The van der Waals surface area contributed by atoms with E-state index in [9.17, 15) is 14.4 Å². The number of hydrogen-bond acceptors (Lipinski definition) is 4. The van der Waals surface area contributed by atoms with Crippen LogP contribution in [0.25, 0.3) is 16.8 Å². The van der Waals surface area contributed by atoms with Crippen molar-refractivity contribution < 1.29 is 9.59 Å². The maximum absolute atomic E-state index is 13.3. The van der Waals surface area contributed by atoms with E-state index in [0.717, 1.165) is 29.5 Å². The summed E-state index contributed by atoms with van der Waals surface area (Å²) < 4.78 is 4.43. The highest BCUT2D eigenvalue weighted by atomic mass is 16.2. The molecule has 2 amide bonds. The predicted octanol–water partition coefficient (Wildman–Crippen LogP) is 1.33. The number of rotatable bonds is 4. The van der Waals surface area contributed by atoms with E-state index in [1.165, 1.54) is 9.30 Å². The minimum absolute atomic E-state index is 0.0179. The first kappa shape index (κ1) is 20.2. The Labute approximate surface area is 174 Å². The Hall–Kier alpha value is -3.10. The maximum atomic E-state index is 13.3. The molecule has 4 rings (SSSR count). The second kappa shape index (κ2) is 7.62. The van der Waals surface area contributed by atoms with E-state index in [-0.39, 0.29) is 42.7 Å². The lowest BCUT2D eigenvalue weighted by Crippen LogP contribution is -2.48. The molecule has 3 aromatic rings. The molecule has 160 valence electrons. The summed E-state index contributed by atoms with van der Waals surface area (Å²) >= 11 is 0. The number of aromatic nitrogens is 4. The highest BCUT2D eigenvalue weighted by Gasteiger charge is 2.30. The van der Waals surface area contributed by atoms with Gasteiger partial charge in [-0.3, -0.25) is 14.2 Å². The minimum atomic E-state index is -0.387. The van der Waals surface area contributed by atoms with Crippen LogP contribution in [0.1, 0.15) is 33.1 Å². The number of fused-ring (bicyclic) bond motifs is 3. The summed E-state index contributed by atoms with van der Waals surface area (Å²) in [7, 11) is 3.27. The van der Waals surface area contributed by atoms with Crippen LogP contribution < -0.4 is 5.69 Å². The molecule has 1 aliphatic heterocycles. The summed E-state index contributed by atoms with van der Waals surface area (Å²) in [5.41, 5.74) is 1.06. The Morgan fingerprint density at radius 2 is 1.70 bits per heavy atom. The van der Waals surface area contributed by atoms with Crippen molar-refractivity contribution in [2.45, 2.75) is 58.3 Å². The van der Waals surface area contributed by atoms with Crippen LogP contribution in [-0.2, 0) is 22.7 Å². The number of carbonyl (C=O) groups is 2. The first-order valence-electron chi connectivity index (χ1n) is 10.4. The second-order valence-electron chi connectivity index (χ2n) is 8.37. The molecule has 0 saturated carbocycles. The molecular formula is C21H28N6O3. The lowest BCUT2D eigenvalue weighted by atomic mass is 9.97. The molecule has 2 atom stereocenters. The SMILES string of the molecule is CC1CCCC(C)N1C(=O)Cn1c2ccccc2n2c(=O)n(CC(=O)N(C)C)nc12. The number of likely N-dealkylation sites (tertiary alicyclic amines) is 1. The highest BCUT2D eigenvalue weighted by molar-refractivity contribution is 5.85. The topological polar surface area (TPSA) is 84.8 Å². The first-order valence-corrected chi connectivity index (χ1v) is 10.4. The molecular weight excluding hydrogens is 384 g/mol. The van der Waals surface area contributed by atoms with Crippen LogP contribution in [-0.4, -0.2) is 66.5 Å². The number of piperidine rings is 1. The molecule has 0 bridgehead atoms. The maximum Gasteiger partial charge on any atom is 0.352 e. The fourth-order valence-electron chi connectivity index (χ4n) is 4.43. The summed E-state index contributed by atoms with van der Waals surface area (Å²) in [6, 6.07) is 7.82. The van der Waals surface area contributed by atoms with Gasteiger partial charge in [0.25, 0.3) is 0 Å². The van der Waals surface area contributed by atoms with Crippen molar-refractivity contribution in [3.63, 3.8) is 0 Å². The molecule has 1 fully saturated rings. The Balaban J connectivity index is 1.79. The van der Waals surface area contributed by atoms with E-state index in [1.807, 2.05) is 29.2 Å². The van der Waals surface area contributed by atoms with Gasteiger partial charge in [0.05, 0.1) is 11.0 Å². The normalized spacial score (nSPS) is 19.5. The van der Waals surface area contributed by atoms with Crippen LogP contribution in [0.5, 0.6) is 0 Å². The second-order valence-corrected chi connectivity index (χ2v) is 8.37. The molecule has 9 heteroatoms. The lowest BCUT2D eigenvalue weighted by Gasteiger charge is -2.39. The van der Waals surface area contributed by atoms with Gasteiger partial charge in [-0.05, 0) is 45.2 Å². The van der Waals surface area contributed by atoms with Gasteiger partial charge < -0.3 is 9.80 Å². The van der Waals surface area contributed by atoms with Crippen molar-refractivity contribution in [2.75, 3.05) is 14.1 Å². The van der Waals surface area contributed by atoms with E-state index in [2.05, 4.69) is 18.9 Å². The Morgan fingerprint density at radius 1 is 1.07 bits per heavy atom. The van der Waals surface area contributed by atoms with Gasteiger partial charge in [0.1, 0.15) is 13.1 Å². The van der Waals surface area contributed by atoms with Gasteiger partial charge in [0.2, 0.25) is 17.6 Å². The van der Waals surface area contributed by atoms with Gasteiger partial charge in [-0.15, -0.1) is 5.10 Å². The summed E-state index contributed by atoms with van der Waals surface area (Å²) in [5.74, 6) is 0.170. The van der Waals surface area contributed by atoms with Crippen molar-refractivity contribution in [1.82, 2.24) is 28.5 Å².